The van der Waals surface area contributed by atoms with Crippen LogP contribution in [0, 0.1) is 5.82 Å². The van der Waals surface area contributed by atoms with E-state index in [1.165, 1.54) is 35.2 Å². The maximum atomic E-state index is 13.0. The third-order valence-electron chi connectivity index (χ3n) is 3.10. The van der Waals surface area contributed by atoms with E-state index in [0.717, 1.165) is 16.9 Å². The van der Waals surface area contributed by atoms with Crippen LogP contribution in [0.1, 0.15) is 0 Å². The monoisotopic (exact) mass is 336 g/mol. The first-order valence-electron chi connectivity index (χ1n) is 6.58. The Bertz CT molecular complexity index is 843. The number of rotatable bonds is 5. The molecule has 0 radical (unpaired) electrons. The number of benzene rings is 1. The van der Waals surface area contributed by atoms with Crippen molar-refractivity contribution in [2.45, 2.75) is 5.16 Å². The van der Waals surface area contributed by atoms with Crippen LogP contribution in [-0.4, -0.2) is 29.4 Å². The highest BCUT2D eigenvalue weighted by atomic mass is 32.2. The minimum absolute atomic E-state index is 0.175. The van der Waals surface area contributed by atoms with Crippen molar-refractivity contribution in [3.63, 3.8) is 0 Å². The van der Waals surface area contributed by atoms with E-state index in [9.17, 15) is 9.18 Å². The largest absolute Gasteiger partial charge is 0.384 e. The van der Waals surface area contributed by atoms with Gasteiger partial charge in [0.1, 0.15) is 10.6 Å². The fraction of sp³-hybridized carbons (Fsp3) is 0.200. The summed E-state index contributed by atoms with van der Waals surface area (Å²) in [5.74, 6) is 0.424. The summed E-state index contributed by atoms with van der Waals surface area (Å²) >= 11 is 2.86. The SMILES string of the molecule is COCCSc1nc2scc(-c3ccc(F)cc3)c2c(=O)[nH]1. The van der Waals surface area contributed by atoms with Gasteiger partial charge in [0.15, 0.2) is 5.16 Å². The molecule has 0 aliphatic carbocycles. The average Bonchev–Trinajstić information content (AvgIpc) is 2.93. The predicted octanol–water partition coefficient (Wildman–Crippen LogP) is 3.53. The van der Waals surface area contributed by atoms with E-state index < -0.39 is 0 Å². The summed E-state index contributed by atoms with van der Waals surface area (Å²) in [6.07, 6.45) is 0. The zero-order chi connectivity index (χ0) is 15.5. The number of H-pyrrole nitrogens is 1. The molecule has 0 spiro atoms. The number of nitrogens with zero attached hydrogens (tertiary/aromatic N) is 1. The normalized spacial score (nSPS) is 11.2. The molecule has 1 N–H and O–H groups in total. The number of ether oxygens (including phenoxy) is 1. The van der Waals surface area contributed by atoms with E-state index in [-0.39, 0.29) is 11.4 Å². The Morgan fingerprint density at radius 2 is 2.14 bits per heavy atom. The van der Waals surface area contributed by atoms with Crippen LogP contribution in [0.5, 0.6) is 0 Å². The molecule has 0 aliphatic heterocycles. The number of thioether (sulfide) groups is 1. The fourth-order valence-corrected chi connectivity index (χ4v) is 3.83. The average molecular weight is 336 g/mol. The van der Waals surface area contributed by atoms with Crippen LogP contribution < -0.4 is 5.56 Å². The van der Waals surface area contributed by atoms with Gasteiger partial charge in [0, 0.05) is 23.8 Å². The van der Waals surface area contributed by atoms with Gasteiger partial charge in [-0.25, -0.2) is 9.37 Å². The molecule has 0 amide bonds. The number of hydrogen-bond donors (Lipinski definition) is 1. The zero-order valence-electron chi connectivity index (χ0n) is 11.8. The van der Waals surface area contributed by atoms with E-state index in [0.29, 0.717) is 22.0 Å². The Labute approximate surface area is 134 Å². The first-order valence-corrected chi connectivity index (χ1v) is 8.45. The van der Waals surface area contributed by atoms with Crippen molar-refractivity contribution in [2.75, 3.05) is 19.5 Å². The summed E-state index contributed by atoms with van der Waals surface area (Å²) in [4.78, 5) is 20.3. The number of fused-ring (bicyclic) bond motifs is 1. The molecule has 2 heterocycles. The molecule has 0 saturated heterocycles. The molecule has 4 nitrogen and oxygen atoms in total. The second-order valence-electron chi connectivity index (χ2n) is 4.55. The number of thiophene rings is 1. The summed E-state index contributed by atoms with van der Waals surface area (Å²) in [5.41, 5.74) is 1.41. The Hall–Kier alpha value is -1.70. The van der Waals surface area contributed by atoms with Crippen LogP contribution in [0.4, 0.5) is 4.39 Å². The topological polar surface area (TPSA) is 55.0 Å². The van der Waals surface area contributed by atoms with Crippen molar-refractivity contribution in [3.05, 3.63) is 45.8 Å². The van der Waals surface area contributed by atoms with E-state index >= 15 is 0 Å². The van der Waals surface area contributed by atoms with Gasteiger partial charge in [0.2, 0.25) is 0 Å². The molecule has 0 aliphatic rings. The van der Waals surface area contributed by atoms with Crippen molar-refractivity contribution < 1.29 is 9.13 Å². The standard InChI is InChI=1S/C15H13FN2O2S2/c1-20-6-7-21-15-17-13(19)12-11(8-22-14(12)18-15)9-2-4-10(16)5-3-9/h2-5,8H,6-7H2,1H3,(H,17,18,19). The molecule has 114 valence electrons. The lowest BCUT2D eigenvalue weighted by Gasteiger charge is -2.02. The van der Waals surface area contributed by atoms with Crippen LogP contribution in [0.25, 0.3) is 21.3 Å². The molecular formula is C15H13FN2O2S2. The summed E-state index contributed by atoms with van der Waals surface area (Å²) < 4.78 is 18.0. The molecule has 7 heteroatoms. The highest BCUT2D eigenvalue weighted by molar-refractivity contribution is 7.99. The highest BCUT2D eigenvalue weighted by Crippen LogP contribution is 2.31. The van der Waals surface area contributed by atoms with Crippen LogP contribution >= 0.6 is 23.1 Å². The maximum Gasteiger partial charge on any atom is 0.260 e. The van der Waals surface area contributed by atoms with Gasteiger partial charge in [-0.3, -0.25) is 4.79 Å². The quantitative estimate of drug-likeness (QED) is 0.440. The third kappa shape index (κ3) is 3.06. The minimum Gasteiger partial charge on any atom is -0.384 e. The molecule has 0 unspecified atom stereocenters. The summed E-state index contributed by atoms with van der Waals surface area (Å²) in [7, 11) is 1.63. The Morgan fingerprint density at radius 1 is 1.36 bits per heavy atom. The molecule has 0 bridgehead atoms. The lowest BCUT2D eigenvalue weighted by atomic mass is 10.1. The molecule has 22 heavy (non-hydrogen) atoms. The van der Waals surface area contributed by atoms with Crippen LogP contribution in [0.2, 0.25) is 0 Å². The van der Waals surface area contributed by atoms with Crippen LogP contribution in [0.3, 0.4) is 0 Å². The van der Waals surface area contributed by atoms with Crippen molar-refractivity contribution in [2.24, 2.45) is 0 Å². The smallest absolute Gasteiger partial charge is 0.260 e. The fourth-order valence-electron chi connectivity index (χ4n) is 2.06. The number of hydrogen-bond acceptors (Lipinski definition) is 5. The van der Waals surface area contributed by atoms with Gasteiger partial charge in [0.05, 0.1) is 12.0 Å². The summed E-state index contributed by atoms with van der Waals surface area (Å²) in [6, 6.07) is 6.10. The summed E-state index contributed by atoms with van der Waals surface area (Å²) in [5, 5.41) is 3.01. The number of methoxy groups -OCH3 is 1. The Kier molecular flexibility index (Phi) is 4.56. The number of halogens is 1. The van der Waals surface area contributed by atoms with E-state index in [2.05, 4.69) is 9.97 Å². The second kappa shape index (κ2) is 6.60. The van der Waals surface area contributed by atoms with Gasteiger partial charge >= 0.3 is 0 Å². The van der Waals surface area contributed by atoms with Gasteiger partial charge in [-0.2, -0.15) is 0 Å². The van der Waals surface area contributed by atoms with Crippen molar-refractivity contribution in [3.8, 4) is 11.1 Å². The summed E-state index contributed by atoms with van der Waals surface area (Å²) in [6.45, 7) is 0.595. The van der Waals surface area contributed by atoms with Gasteiger partial charge in [-0.15, -0.1) is 11.3 Å². The number of nitrogens with one attached hydrogen (secondary N) is 1. The minimum atomic E-state index is -0.299. The lowest BCUT2D eigenvalue weighted by molar-refractivity contribution is 0.218. The number of aromatic nitrogens is 2. The Morgan fingerprint density at radius 3 is 2.86 bits per heavy atom. The van der Waals surface area contributed by atoms with Crippen molar-refractivity contribution >= 4 is 33.3 Å². The molecule has 0 saturated carbocycles. The molecule has 3 rings (SSSR count). The Balaban J connectivity index is 2.01. The maximum absolute atomic E-state index is 13.0. The molecule has 3 aromatic rings. The third-order valence-corrected chi connectivity index (χ3v) is 4.81. The van der Waals surface area contributed by atoms with Crippen LogP contribution in [-0.2, 0) is 4.74 Å². The van der Waals surface area contributed by atoms with Gasteiger partial charge in [-0.1, -0.05) is 23.9 Å². The van der Waals surface area contributed by atoms with E-state index in [4.69, 9.17) is 4.74 Å². The molecule has 0 fully saturated rings. The van der Waals surface area contributed by atoms with Gasteiger partial charge < -0.3 is 9.72 Å². The van der Waals surface area contributed by atoms with Crippen LogP contribution in [0.15, 0.2) is 39.6 Å². The highest BCUT2D eigenvalue weighted by Gasteiger charge is 2.13. The second-order valence-corrected chi connectivity index (χ2v) is 6.49. The zero-order valence-corrected chi connectivity index (χ0v) is 13.4. The lowest BCUT2D eigenvalue weighted by Crippen LogP contribution is -2.09. The molecular weight excluding hydrogens is 323 g/mol. The van der Waals surface area contributed by atoms with Crippen molar-refractivity contribution in [1.82, 2.24) is 9.97 Å². The first kappa shape index (κ1) is 15.2. The van der Waals surface area contributed by atoms with Gasteiger partial charge in [0.25, 0.3) is 5.56 Å². The van der Waals surface area contributed by atoms with E-state index in [1.807, 2.05) is 5.38 Å². The number of aromatic amines is 1. The van der Waals surface area contributed by atoms with E-state index in [1.54, 1.807) is 19.2 Å². The van der Waals surface area contributed by atoms with Gasteiger partial charge in [-0.05, 0) is 17.7 Å². The van der Waals surface area contributed by atoms with Crippen molar-refractivity contribution in [1.29, 1.82) is 0 Å². The first-order chi connectivity index (χ1) is 10.7. The predicted molar refractivity (Wildman–Crippen MR) is 88.2 cm³/mol. The molecule has 0 atom stereocenters. The molecule has 1 aromatic carbocycles. The molecule has 2 aromatic heterocycles.